The van der Waals surface area contributed by atoms with Crippen LogP contribution in [0, 0.1) is 28.4 Å². The number of nitrogens with zero attached hydrogens (tertiary/aromatic N) is 3. The van der Waals surface area contributed by atoms with E-state index < -0.39 is 11.6 Å². The lowest BCUT2D eigenvalue weighted by Crippen LogP contribution is -2.18. The smallest absolute Gasteiger partial charge is 0.227 e. The standard InChI is InChI=1S/C15H15F2N3O/c1-3-15(2,6-7-18)9-13-19-14(20-21-13)10-4-5-11(16)12(17)8-10/h4-5,8H,3,6,9H2,1-2H3. The number of halogens is 2. The molecule has 0 aliphatic carbocycles. The highest BCUT2D eigenvalue weighted by molar-refractivity contribution is 5.54. The third-order valence-electron chi connectivity index (χ3n) is 3.58. The topological polar surface area (TPSA) is 62.7 Å². The highest BCUT2D eigenvalue weighted by Crippen LogP contribution is 2.30. The summed E-state index contributed by atoms with van der Waals surface area (Å²) in [6.45, 7) is 3.96. The van der Waals surface area contributed by atoms with Crippen LogP contribution >= 0.6 is 0 Å². The predicted octanol–water partition coefficient (Wildman–Crippen LogP) is 3.89. The van der Waals surface area contributed by atoms with Crippen molar-refractivity contribution in [3.63, 3.8) is 0 Å². The zero-order chi connectivity index (χ0) is 15.5. The Kier molecular flexibility index (Phi) is 4.32. The molecule has 0 N–H and O–H groups in total. The van der Waals surface area contributed by atoms with Crippen LogP contribution in [0.2, 0.25) is 0 Å². The molecule has 0 aliphatic heterocycles. The molecule has 0 aliphatic rings. The molecule has 0 amide bonds. The number of hydrogen-bond acceptors (Lipinski definition) is 4. The largest absolute Gasteiger partial charge is 0.339 e. The van der Waals surface area contributed by atoms with E-state index in [1.807, 2.05) is 13.8 Å². The zero-order valence-corrected chi connectivity index (χ0v) is 11.9. The Labute approximate surface area is 121 Å². The van der Waals surface area contributed by atoms with Gasteiger partial charge in [0.05, 0.1) is 6.07 Å². The van der Waals surface area contributed by atoms with Crippen LogP contribution in [0.25, 0.3) is 11.4 Å². The highest BCUT2D eigenvalue weighted by Gasteiger charge is 2.25. The van der Waals surface area contributed by atoms with Crippen LogP contribution in [-0.4, -0.2) is 10.1 Å². The lowest BCUT2D eigenvalue weighted by atomic mass is 9.81. The molecule has 0 fully saturated rings. The van der Waals surface area contributed by atoms with E-state index in [1.165, 1.54) is 6.07 Å². The van der Waals surface area contributed by atoms with E-state index >= 15 is 0 Å². The molecule has 1 atom stereocenters. The van der Waals surface area contributed by atoms with E-state index in [-0.39, 0.29) is 11.2 Å². The Bertz CT molecular complexity index is 678. The van der Waals surface area contributed by atoms with Crippen LogP contribution < -0.4 is 0 Å². The third-order valence-corrected chi connectivity index (χ3v) is 3.58. The molecular formula is C15H15F2N3O. The predicted molar refractivity (Wildman–Crippen MR) is 72.0 cm³/mol. The molecule has 4 nitrogen and oxygen atoms in total. The van der Waals surface area contributed by atoms with Gasteiger partial charge in [-0.2, -0.15) is 10.2 Å². The van der Waals surface area contributed by atoms with Crippen LogP contribution in [-0.2, 0) is 6.42 Å². The fraction of sp³-hybridized carbons (Fsp3) is 0.400. The molecule has 0 radical (unpaired) electrons. The molecule has 0 bridgehead atoms. The van der Waals surface area contributed by atoms with Gasteiger partial charge in [0, 0.05) is 18.4 Å². The van der Waals surface area contributed by atoms with Gasteiger partial charge >= 0.3 is 0 Å². The first kappa shape index (κ1) is 15.1. The molecule has 1 aromatic heterocycles. The molecule has 0 saturated carbocycles. The van der Waals surface area contributed by atoms with Crippen molar-refractivity contribution in [1.82, 2.24) is 10.1 Å². The third kappa shape index (κ3) is 3.43. The van der Waals surface area contributed by atoms with Crippen molar-refractivity contribution in [2.45, 2.75) is 33.1 Å². The van der Waals surface area contributed by atoms with E-state index in [0.29, 0.717) is 24.3 Å². The molecule has 1 unspecified atom stereocenters. The minimum absolute atomic E-state index is 0.208. The van der Waals surface area contributed by atoms with Crippen molar-refractivity contribution in [2.24, 2.45) is 5.41 Å². The van der Waals surface area contributed by atoms with Gasteiger partial charge in [-0.25, -0.2) is 8.78 Å². The van der Waals surface area contributed by atoms with Crippen LogP contribution in [0.4, 0.5) is 8.78 Å². The van der Waals surface area contributed by atoms with Crippen molar-refractivity contribution < 1.29 is 13.3 Å². The summed E-state index contributed by atoms with van der Waals surface area (Å²) < 4.78 is 31.2. The normalized spacial score (nSPS) is 13.7. The van der Waals surface area contributed by atoms with Gasteiger partial charge < -0.3 is 4.52 Å². The lowest BCUT2D eigenvalue weighted by Gasteiger charge is -2.22. The quantitative estimate of drug-likeness (QED) is 0.838. The fourth-order valence-corrected chi connectivity index (χ4v) is 1.95. The SMILES string of the molecule is CCC(C)(CC#N)Cc1nc(-c2ccc(F)c(F)c2)no1. The minimum Gasteiger partial charge on any atom is -0.339 e. The zero-order valence-electron chi connectivity index (χ0n) is 11.9. The summed E-state index contributed by atoms with van der Waals surface area (Å²) in [5, 5.41) is 12.6. The maximum atomic E-state index is 13.2. The van der Waals surface area contributed by atoms with Crippen LogP contribution in [0.5, 0.6) is 0 Å². The van der Waals surface area contributed by atoms with Crippen LogP contribution in [0.1, 0.15) is 32.6 Å². The van der Waals surface area contributed by atoms with Gasteiger partial charge in [-0.3, -0.25) is 0 Å². The minimum atomic E-state index is -0.957. The van der Waals surface area contributed by atoms with Crippen molar-refractivity contribution in [3.05, 3.63) is 35.7 Å². The first-order valence-corrected chi connectivity index (χ1v) is 6.62. The molecule has 0 saturated heterocycles. The average Bonchev–Trinajstić information content (AvgIpc) is 2.90. The highest BCUT2D eigenvalue weighted by atomic mass is 19.2. The summed E-state index contributed by atoms with van der Waals surface area (Å²) in [5.41, 5.74) is 0.106. The molecule has 6 heteroatoms. The molecule has 110 valence electrons. The first-order chi connectivity index (χ1) is 9.97. The number of benzene rings is 1. The summed E-state index contributed by atoms with van der Waals surface area (Å²) in [6.07, 6.45) is 1.64. The summed E-state index contributed by atoms with van der Waals surface area (Å²) in [7, 11) is 0. The molecule has 1 heterocycles. The van der Waals surface area contributed by atoms with E-state index in [4.69, 9.17) is 9.78 Å². The van der Waals surface area contributed by atoms with Gasteiger partial charge in [-0.15, -0.1) is 0 Å². The van der Waals surface area contributed by atoms with Crippen molar-refractivity contribution in [2.75, 3.05) is 0 Å². The van der Waals surface area contributed by atoms with E-state index in [0.717, 1.165) is 18.6 Å². The van der Waals surface area contributed by atoms with Crippen molar-refractivity contribution in [1.29, 1.82) is 5.26 Å². The molecular weight excluding hydrogens is 276 g/mol. The second-order valence-corrected chi connectivity index (χ2v) is 5.32. The van der Waals surface area contributed by atoms with Crippen molar-refractivity contribution in [3.8, 4) is 17.5 Å². The number of rotatable bonds is 5. The Hall–Kier alpha value is -2.29. The van der Waals surface area contributed by atoms with E-state index in [2.05, 4.69) is 16.2 Å². The maximum absolute atomic E-state index is 13.2. The Morgan fingerprint density at radius 2 is 2.10 bits per heavy atom. The maximum Gasteiger partial charge on any atom is 0.227 e. The van der Waals surface area contributed by atoms with Crippen molar-refractivity contribution >= 4 is 0 Å². The molecule has 21 heavy (non-hydrogen) atoms. The van der Waals surface area contributed by atoms with E-state index in [9.17, 15) is 8.78 Å². The van der Waals surface area contributed by atoms with Gasteiger partial charge in [0.2, 0.25) is 11.7 Å². The van der Waals surface area contributed by atoms with Gasteiger partial charge in [-0.1, -0.05) is 19.0 Å². The lowest BCUT2D eigenvalue weighted by molar-refractivity contribution is 0.266. The summed E-state index contributed by atoms with van der Waals surface area (Å²) >= 11 is 0. The Morgan fingerprint density at radius 3 is 2.71 bits per heavy atom. The second-order valence-electron chi connectivity index (χ2n) is 5.32. The fourth-order valence-electron chi connectivity index (χ4n) is 1.95. The summed E-state index contributed by atoms with van der Waals surface area (Å²) in [5.74, 6) is -1.29. The Balaban J connectivity index is 2.22. The second kappa shape index (κ2) is 6.00. The van der Waals surface area contributed by atoms with Gasteiger partial charge in [0.1, 0.15) is 0 Å². The molecule has 2 rings (SSSR count). The average molecular weight is 291 g/mol. The Morgan fingerprint density at radius 1 is 1.33 bits per heavy atom. The summed E-state index contributed by atoms with van der Waals surface area (Å²) in [6, 6.07) is 5.59. The van der Waals surface area contributed by atoms with Gasteiger partial charge in [-0.05, 0) is 30.0 Å². The molecule has 0 spiro atoms. The van der Waals surface area contributed by atoms with Gasteiger partial charge in [0.15, 0.2) is 11.6 Å². The summed E-state index contributed by atoms with van der Waals surface area (Å²) in [4.78, 5) is 4.19. The molecule has 2 aromatic rings. The monoisotopic (exact) mass is 291 g/mol. The van der Waals surface area contributed by atoms with Crippen LogP contribution in [0.15, 0.2) is 22.7 Å². The number of aromatic nitrogens is 2. The number of hydrogen-bond donors (Lipinski definition) is 0. The molecule has 1 aromatic carbocycles. The van der Waals surface area contributed by atoms with E-state index in [1.54, 1.807) is 0 Å². The first-order valence-electron chi connectivity index (χ1n) is 6.62. The number of nitriles is 1. The van der Waals surface area contributed by atoms with Gasteiger partial charge in [0.25, 0.3) is 0 Å². The van der Waals surface area contributed by atoms with Crippen LogP contribution in [0.3, 0.4) is 0 Å².